The summed E-state index contributed by atoms with van der Waals surface area (Å²) in [5, 5.41) is 3.40. The molecule has 0 radical (unpaired) electrons. The molecule has 4 rings (SSSR count). The third-order valence-electron chi connectivity index (χ3n) is 6.11. The van der Waals surface area contributed by atoms with Crippen LogP contribution < -0.4 is 21.1 Å². The fourth-order valence-corrected chi connectivity index (χ4v) is 4.13. The summed E-state index contributed by atoms with van der Waals surface area (Å²) in [5.74, 6) is -1.99. The van der Waals surface area contributed by atoms with E-state index < -0.39 is 18.2 Å². The van der Waals surface area contributed by atoms with Crippen molar-refractivity contribution >= 4 is 23.5 Å². The molecule has 2 fully saturated rings. The number of carbonyl (C=O) groups excluding carboxylic acids is 2. The molecule has 2 heterocycles. The predicted molar refractivity (Wildman–Crippen MR) is 115 cm³/mol. The molecular weight excluding hydrogens is 418 g/mol. The van der Waals surface area contributed by atoms with Gasteiger partial charge in [-0.15, -0.1) is 0 Å². The zero-order chi connectivity index (χ0) is 22.6. The number of aromatic nitrogens is 2. The van der Waals surface area contributed by atoms with Gasteiger partial charge in [0.1, 0.15) is 0 Å². The molecule has 1 aromatic carbocycles. The summed E-state index contributed by atoms with van der Waals surface area (Å²) in [6.45, 7) is 2.20. The van der Waals surface area contributed by atoms with Gasteiger partial charge < -0.3 is 10.2 Å². The van der Waals surface area contributed by atoms with E-state index in [-0.39, 0.29) is 11.1 Å². The lowest BCUT2D eigenvalue weighted by molar-refractivity contribution is -0.132. The Morgan fingerprint density at radius 3 is 2.16 bits per heavy atom. The third kappa shape index (κ3) is 4.79. The van der Waals surface area contributed by atoms with Gasteiger partial charge in [-0.05, 0) is 56.2 Å². The Morgan fingerprint density at radius 1 is 0.938 bits per heavy atom. The number of amides is 2. The van der Waals surface area contributed by atoms with Crippen LogP contribution >= 0.6 is 0 Å². The number of carbonyl (C=O) groups is 2. The number of piperidine rings is 1. The maximum atomic E-state index is 12.2. The smallest absolute Gasteiger partial charge is 0.317 e. The second-order valence-corrected chi connectivity index (χ2v) is 8.19. The van der Waals surface area contributed by atoms with Crippen LogP contribution in [0.4, 0.5) is 20.4 Å². The fraction of sp³-hybridized carbons (Fsp3) is 0.455. The minimum atomic E-state index is -3.22. The molecule has 0 spiro atoms. The van der Waals surface area contributed by atoms with Crippen molar-refractivity contribution in [3.63, 3.8) is 0 Å². The van der Waals surface area contributed by atoms with Crippen LogP contribution in [0.25, 0.3) is 0 Å². The standard InChI is InChI=1S/C22H26F2N6O2/c23-18(24)20(32)29-28-19(31)15-13-25-21(26-14-15)27-22(9-4-10-22)16-5-7-17(8-6-16)30-11-2-1-3-12-30/h5-8,13-14,18H,1-4,9-12H2,(H,28,31)(H,29,32)(H,25,26,27). The lowest BCUT2D eigenvalue weighted by Crippen LogP contribution is -2.44. The van der Waals surface area contributed by atoms with E-state index in [1.54, 1.807) is 5.43 Å². The molecule has 0 bridgehead atoms. The topological polar surface area (TPSA) is 99.2 Å². The van der Waals surface area contributed by atoms with Gasteiger partial charge in [-0.1, -0.05) is 12.1 Å². The zero-order valence-electron chi connectivity index (χ0n) is 17.6. The lowest BCUT2D eigenvalue weighted by Gasteiger charge is -2.43. The quantitative estimate of drug-likeness (QED) is 0.593. The van der Waals surface area contributed by atoms with Crippen LogP contribution in [-0.2, 0) is 10.3 Å². The third-order valence-corrected chi connectivity index (χ3v) is 6.11. The largest absolute Gasteiger partial charge is 0.372 e. The monoisotopic (exact) mass is 444 g/mol. The highest BCUT2D eigenvalue weighted by Crippen LogP contribution is 2.44. The normalized spacial score (nSPS) is 17.4. The number of nitrogens with zero attached hydrogens (tertiary/aromatic N) is 3. The lowest BCUT2D eigenvalue weighted by atomic mass is 9.72. The molecule has 32 heavy (non-hydrogen) atoms. The summed E-state index contributed by atoms with van der Waals surface area (Å²) in [5.41, 5.74) is 5.74. The maximum absolute atomic E-state index is 12.2. The molecule has 2 aromatic rings. The number of hydrogen-bond donors (Lipinski definition) is 3. The van der Waals surface area contributed by atoms with Crippen molar-refractivity contribution in [3.05, 3.63) is 47.8 Å². The Kier molecular flexibility index (Phi) is 6.48. The second kappa shape index (κ2) is 9.46. The van der Waals surface area contributed by atoms with Crippen LogP contribution in [0, 0.1) is 0 Å². The van der Waals surface area contributed by atoms with E-state index >= 15 is 0 Å². The van der Waals surface area contributed by atoms with Gasteiger partial charge in [0, 0.05) is 31.2 Å². The number of benzene rings is 1. The fourth-order valence-electron chi connectivity index (χ4n) is 4.13. The Hall–Kier alpha value is -3.30. The van der Waals surface area contributed by atoms with Gasteiger partial charge in [-0.2, -0.15) is 8.78 Å². The van der Waals surface area contributed by atoms with E-state index in [1.165, 1.54) is 42.9 Å². The van der Waals surface area contributed by atoms with E-state index in [4.69, 9.17) is 0 Å². The Morgan fingerprint density at radius 2 is 1.59 bits per heavy atom. The Bertz CT molecular complexity index is 942. The van der Waals surface area contributed by atoms with Crippen LogP contribution in [0.5, 0.6) is 0 Å². The van der Waals surface area contributed by atoms with Crippen LogP contribution in [-0.4, -0.2) is 41.3 Å². The first-order valence-corrected chi connectivity index (χ1v) is 10.8. The summed E-state index contributed by atoms with van der Waals surface area (Å²) in [6.07, 6.45) is 6.09. The van der Waals surface area contributed by atoms with Crippen LogP contribution in [0.15, 0.2) is 36.7 Å². The molecule has 3 N–H and O–H groups in total. The first-order valence-electron chi connectivity index (χ1n) is 10.8. The van der Waals surface area contributed by atoms with Crippen molar-refractivity contribution in [1.82, 2.24) is 20.8 Å². The molecule has 1 aromatic heterocycles. The van der Waals surface area contributed by atoms with Crippen molar-refractivity contribution < 1.29 is 18.4 Å². The molecule has 8 nitrogen and oxygen atoms in total. The molecule has 0 unspecified atom stereocenters. The van der Waals surface area contributed by atoms with Gasteiger partial charge >= 0.3 is 12.3 Å². The van der Waals surface area contributed by atoms with E-state index in [2.05, 4.69) is 44.5 Å². The van der Waals surface area contributed by atoms with E-state index in [0.717, 1.165) is 32.4 Å². The minimum Gasteiger partial charge on any atom is -0.372 e. The van der Waals surface area contributed by atoms with Crippen molar-refractivity contribution in [2.24, 2.45) is 0 Å². The van der Waals surface area contributed by atoms with Crippen LogP contribution in [0.1, 0.15) is 54.4 Å². The average molecular weight is 444 g/mol. The van der Waals surface area contributed by atoms with Crippen molar-refractivity contribution in [2.75, 3.05) is 23.3 Å². The van der Waals surface area contributed by atoms with Gasteiger partial charge in [0.15, 0.2) is 0 Å². The molecule has 1 aliphatic heterocycles. The van der Waals surface area contributed by atoms with Crippen molar-refractivity contribution in [2.45, 2.75) is 50.5 Å². The predicted octanol–water partition coefficient (Wildman–Crippen LogP) is 2.98. The number of halogens is 2. The van der Waals surface area contributed by atoms with Crippen LogP contribution in [0.3, 0.4) is 0 Å². The van der Waals surface area contributed by atoms with Gasteiger partial charge in [0.25, 0.3) is 5.91 Å². The molecular formula is C22H26F2N6O2. The number of hydrazine groups is 1. The molecule has 1 saturated carbocycles. The Labute approximate surface area is 184 Å². The minimum absolute atomic E-state index is 0.0404. The van der Waals surface area contributed by atoms with E-state index in [9.17, 15) is 18.4 Å². The first-order chi connectivity index (χ1) is 15.5. The van der Waals surface area contributed by atoms with Crippen LogP contribution in [0.2, 0.25) is 0 Å². The SMILES string of the molecule is O=C(NNC(=O)C(F)F)c1cnc(NC2(c3ccc(N4CCCCC4)cc3)CCC2)nc1. The molecule has 0 atom stereocenters. The summed E-state index contributed by atoms with van der Waals surface area (Å²) in [6, 6.07) is 8.65. The number of nitrogens with one attached hydrogen (secondary N) is 3. The van der Waals surface area contributed by atoms with Gasteiger partial charge in [-0.3, -0.25) is 20.4 Å². The van der Waals surface area contributed by atoms with Gasteiger partial charge in [0.05, 0.1) is 11.1 Å². The Balaban J connectivity index is 1.40. The highest BCUT2D eigenvalue weighted by molar-refractivity contribution is 5.95. The number of rotatable bonds is 6. The molecule has 10 heteroatoms. The van der Waals surface area contributed by atoms with Crippen molar-refractivity contribution in [3.8, 4) is 0 Å². The summed E-state index contributed by atoms with van der Waals surface area (Å²) >= 11 is 0. The molecule has 2 aliphatic rings. The van der Waals surface area contributed by atoms with Gasteiger partial charge in [-0.25, -0.2) is 9.97 Å². The van der Waals surface area contributed by atoms with Gasteiger partial charge in [0.2, 0.25) is 5.95 Å². The van der Waals surface area contributed by atoms with E-state index in [1.807, 2.05) is 5.43 Å². The maximum Gasteiger partial charge on any atom is 0.317 e. The summed E-state index contributed by atoms with van der Waals surface area (Å²) < 4.78 is 24.4. The molecule has 1 aliphatic carbocycles. The number of hydrogen-bond acceptors (Lipinski definition) is 6. The highest BCUT2D eigenvalue weighted by atomic mass is 19.3. The highest BCUT2D eigenvalue weighted by Gasteiger charge is 2.39. The second-order valence-electron chi connectivity index (χ2n) is 8.19. The number of alkyl halides is 2. The molecule has 2 amide bonds. The zero-order valence-corrected chi connectivity index (χ0v) is 17.6. The summed E-state index contributed by atoms with van der Waals surface area (Å²) in [4.78, 5) is 33.6. The average Bonchev–Trinajstić information content (AvgIpc) is 2.80. The molecule has 170 valence electrons. The first kappa shape index (κ1) is 21.9. The molecule has 1 saturated heterocycles. The number of anilines is 2. The van der Waals surface area contributed by atoms with Crippen molar-refractivity contribution in [1.29, 1.82) is 0 Å². The van der Waals surface area contributed by atoms with E-state index in [0.29, 0.717) is 5.95 Å². The summed E-state index contributed by atoms with van der Waals surface area (Å²) in [7, 11) is 0.